The van der Waals surface area contributed by atoms with Gasteiger partial charge in [0.2, 0.25) is 0 Å². The van der Waals surface area contributed by atoms with Crippen molar-refractivity contribution in [2.75, 3.05) is 11.9 Å². The summed E-state index contributed by atoms with van der Waals surface area (Å²) in [5.74, 6) is -1.13. The first-order chi connectivity index (χ1) is 13.6. The topological polar surface area (TPSA) is 110 Å². The Morgan fingerprint density at radius 1 is 1.52 bits per heavy atom. The molecule has 1 atom stereocenters. The number of nitrogens with one attached hydrogen (secondary N) is 1. The molecule has 0 spiro atoms. The summed E-state index contributed by atoms with van der Waals surface area (Å²) in [6, 6.07) is 5.38. The number of nitrogens with two attached hydrogens (primary N) is 1. The van der Waals surface area contributed by atoms with Crippen LogP contribution in [0.5, 0.6) is 5.75 Å². The minimum absolute atomic E-state index is 0.109. The number of halogens is 1. The van der Waals surface area contributed by atoms with E-state index >= 15 is 0 Å². The molecule has 0 saturated carbocycles. The molecule has 0 aliphatic heterocycles. The van der Waals surface area contributed by atoms with Gasteiger partial charge in [-0.2, -0.15) is 5.26 Å². The van der Waals surface area contributed by atoms with Gasteiger partial charge >= 0.3 is 0 Å². The average Bonchev–Trinajstić information content (AvgIpc) is 2.99. The number of benzene rings is 1. The van der Waals surface area contributed by atoms with Crippen molar-refractivity contribution in [2.24, 2.45) is 17.6 Å². The predicted molar refractivity (Wildman–Crippen MR) is 109 cm³/mol. The molecular formula is C20H23FN4O3S. The van der Waals surface area contributed by atoms with E-state index in [4.69, 9.17) is 15.1 Å². The summed E-state index contributed by atoms with van der Waals surface area (Å²) in [5, 5.41) is 17.1. The van der Waals surface area contributed by atoms with E-state index in [1.165, 1.54) is 22.9 Å². The lowest BCUT2D eigenvalue weighted by atomic mass is 9.90. The first-order valence-electron chi connectivity index (χ1n) is 8.72. The van der Waals surface area contributed by atoms with E-state index in [9.17, 15) is 13.4 Å². The van der Waals surface area contributed by atoms with Crippen molar-refractivity contribution in [3.05, 3.63) is 54.1 Å². The first kappa shape index (κ1) is 22.3. The molecule has 0 radical (unpaired) electrons. The number of aryl methyl sites for hydroxylation is 1. The quantitative estimate of drug-likeness (QED) is 0.641. The van der Waals surface area contributed by atoms with Crippen LogP contribution in [0.15, 0.2) is 41.9 Å². The molecule has 0 saturated heterocycles. The summed E-state index contributed by atoms with van der Waals surface area (Å²) in [6.07, 6.45) is 3.88. The number of carbonyl (C=O) groups excluding carboxylic acids is 1. The van der Waals surface area contributed by atoms with Crippen LogP contribution < -0.4 is 15.2 Å². The molecule has 7 nitrogen and oxygen atoms in total. The van der Waals surface area contributed by atoms with Gasteiger partial charge < -0.3 is 14.6 Å². The van der Waals surface area contributed by atoms with Crippen LogP contribution in [0.1, 0.15) is 36.3 Å². The molecule has 9 heteroatoms. The second-order valence-electron chi connectivity index (χ2n) is 7.13. The maximum absolute atomic E-state index is 13.5. The van der Waals surface area contributed by atoms with Gasteiger partial charge in [-0.25, -0.2) is 13.7 Å². The summed E-state index contributed by atoms with van der Waals surface area (Å²) in [7, 11) is -0.272. The summed E-state index contributed by atoms with van der Waals surface area (Å²) in [5.41, 5.74) is -0.0240. The van der Waals surface area contributed by atoms with E-state index < -0.39 is 22.7 Å². The van der Waals surface area contributed by atoms with E-state index in [0.29, 0.717) is 6.42 Å². The molecule has 29 heavy (non-hydrogen) atoms. The zero-order valence-electron chi connectivity index (χ0n) is 16.5. The van der Waals surface area contributed by atoms with Gasteiger partial charge in [-0.3, -0.25) is 4.79 Å². The molecule has 0 bridgehead atoms. The number of ether oxygens (including phenoxy) is 1. The highest BCUT2D eigenvalue weighted by Crippen LogP contribution is 2.30. The Hall–Kier alpha value is -2.96. The van der Waals surface area contributed by atoms with Gasteiger partial charge in [0.25, 0.3) is 5.91 Å². The molecule has 2 rings (SSSR count). The zero-order chi connectivity index (χ0) is 21.8. The van der Waals surface area contributed by atoms with Crippen molar-refractivity contribution in [3.8, 4) is 11.8 Å². The molecule has 0 aliphatic rings. The van der Waals surface area contributed by atoms with Crippen LogP contribution in [0, 0.1) is 22.6 Å². The van der Waals surface area contributed by atoms with Crippen LogP contribution in [-0.2, 0) is 18.0 Å². The van der Waals surface area contributed by atoms with Gasteiger partial charge in [0.1, 0.15) is 27.8 Å². The monoisotopic (exact) mass is 418 g/mol. The largest absolute Gasteiger partial charge is 0.490 e. The minimum Gasteiger partial charge on any atom is -0.490 e. The summed E-state index contributed by atoms with van der Waals surface area (Å²) < 4.78 is 32.7. The Morgan fingerprint density at radius 2 is 2.21 bits per heavy atom. The number of hydrogen-bond acceptors (Lipinski definition) is 4. The molecule has 1 heterocycles. The van der Waals surface area contributed by atoms with Gasteiger partial charge in [0.05, 0.1) is 12.2 Å². The number of aromatic nitrogens is 1. The van der Waals surface area contributed by atoms with Gasteiger partial charge in [0, 0.05) is 18.9 Å². The van der Waals surface area contributed by atoms with E-state index in [1.807, 2.05) is 13.8 Å². The van der Waals surface area contributed by atoms with Crippen molar-refractivity contribution >= 4 is 22.6 Å². The smallest absolute Gasteiger partial charge is 0.276 e. The minimum atomic E-state index is -1.87. The van der Waals surface area contributed by atoms with Crippen LogP contribution in [0.4, 0.5) is 10.1 Å². The number of anilines is 1. The number of rotatable bonds is 8. The molecule has 1 amide bonds. The van der Waals surface area contributed by atoms with Crippen LogP contribution in [-0.4, -0.2) is 21.3 Å². The van der Waals surface area contributed by atoms with Gasteiger partial charge in [0.15, 0.2) is 11.4 Å². The van der Waals surface area contributed by atoms with Crippen LogP contribution >= 0.6 is 0 Å². The molecule has 2 aromatic rings. The van der Waals surface area contributed by atoms with E-state index in [2.05, 4.69) is 11.9 Å². The fraction of sp³-hybridized carbons (Fsp3) is 0.300. The molecule has 1 aromatic heterocycles. The molecular weight excluding hydrogens is 395 g/mol. The van der Waals surface area contributed by atoms with Crippen molar-refractivity contribution in [2.45, 2.75) is 25.2 Å². The van der Waals surface area contributed by atoms with E-state index in [1.54, 1.807) is 19.2 Å². The van der Waals surface area contributed by atoms with Gasteiger partial charge in [-0.1, -0.05) is 19.9 Å². The molecule has 3 N–H and O–H groups in total. The lowest BCUT2D eigenvalue weighted by Crippen LogP contribution is -2.18. The standard InChI is InChI=1S/C20H23FN4O3S/c1-5-20(2,3)8-9-28-18-16(29(23)27)12-25(4)17(18)19(26)24-14-6-7-15(21)13(10-14)11-22/h5-7,10,12H,1,8-9,23H2,2-4H3,(H,24,26). The number of carbonyl (C=O) groups is 1. The maximum atomic E-state index is 13.5. The normalized spacial score (nSPS) is 12.1. The SMILES string of the molecule is C=CC(C)(C)CCOc1c(S(N)=O)cn(C)c1C(=O)Nc1ccc(F)c(C#N)c1. The molecule has 154 valence electrons. The van der Waals surface area contributed by atoms with E-state index in [-0.39, 0.29) is 39.6 Å². The fourth-order valence-corrected chi connectivity index (χ4v) is 3.12. The number of nitrogens with zero attached hydrogens (tertiary/aromatic N) is 2. The first-order valence-corrected chi connectivity index (χ1v) is 9.94. The lowest BCUT2D eigenvalue weighted by molar-refractivity contribution is 0.101. The Morgan fingerprint density at radius 3 is 2.79 bits per heavy atom. The number of nitriles is 1. The van der Waals surface area contributed by atoms with Crippen molar-refractivity contribution in [1.82, 2.24) is 4.57 Å². The second kappa shape index (κ2) is 9.03. The molecule has 1 unspecified atom stereocenters. The van der Waals surface area contributed by atoms with Crippen molar-refractivity contribution < 1.29 is 18.1 Å². The maximum Gasteiger partial charge on any atom is 0.276 e. The number of hydrogen-bond donors (Lipinski definition) is 2. The number of allylic oxidation sites excluding steroid dienone is 1. The van der Waals surface area contributed by atoms with Crippen LogP contribution in [0.25, 0.3) is 0 Å². The highest BCUT2D eigenvalue weighted by atomic mass is 32.2. The Balaban J connectivity index is 2.33. The van der Waals surface area contributed by atoms with E-state index in [0.717, 1.165) is 6.07 Å². The third kappa shape index (κ3) is 5.31. The fourth-order valence-electron chi connectivity index (χ4n) is 2.52. The highest BCUT2D eigenvalue weighted by Gasteiger charge is 2.25. The Kier molecular flexibility index (Phi) is 6.95. The van der Waals surface area contributed by atoms with Crippen molar-refractivity contribution in [1.29, 1.82) is 5.26 Å². The molecule has 1 aromatic carbocycles. The summed E-state index contributed by atoms with van der Waals surface area (Å²) in [6.45, 7) is 8.01. The third-order valence-corrected chi connectivity index (χ3v) is 5.15. The zero-order valence-corrected chi connectivity index (χ0v) is 17.3. The Bertz CT molecular complexity index is 1010. The Labute approximate surface area is 171 Å². The lowest BCUT2D eigenvalue weighted by Gasteiger charge is -2.20. The molecule has 0 aliphatic carbocycles. The summed E-state index contributed by atoms with van der Waals surface area (Å²) >= 11 is 0. The molecule has 0 fully saturated rings. The van der Waals surface area contributed by atoms with Crippen molar-refractivity contribution in [3.63, 3.8) is 0 Å². The van der Waals surface area contributed by atoms with Crippen LogP contribution in [0.2, 0.25) is 0 Å². The van der Waals surface area contributed by atoms with Crippen LogP contribution in [0.3, 0.4) is 0 Å². The summed E-state index contributed by atoms with van der Waals surface area (Å²) in [4.78, 5) is 13.0. The third-order valence-electron chi connectivity index (χ3n) is 4.42. The predicted octanol–water partition coefficient (Wildman–Crippen LogP) is 3.25. The number of amides is 1. The highest BCUT2D eigenvalue weighted by molar-refractivity contribution is 7.82. The average molecular weight is 418 g/mol. The van der Waals surface area contributed by atoms with Gasteiger partial charge in [-0.05, 0) is 30.0 Å². The van der Waals surface area contributed by atoms with Gasteiger partial charge in [-0.15, -0.1) is 6.58 Å². The second-order valence-corrected chi connectivity index (χ2v) is 8.17.